The Balaban J connectivity index is 2.30. The van der Waals surface area contributed by atoms with Gasteiger partial charge in [0, 0.05) is 16.2 Å². The largest absolute Gasteiger partial charge is 0.496 e. The van der Waals surface area contributed by atoms with Crippen molar-refractivity contribution in [1.29, 1.82) is 0 Å². The van der Waals surface area contributed by atoms with Crippen molar-refractivity contribution in [2.45, 2.75) is 6.61 Å². The fourth-order valence-corrected chi connectivity index (χ4v) is 2.61. The smallest absolute Gasteiger partial charge is 0.137 e. The van der Waals surface area contributed by atoms with Crippen molar-refractivity contribution in [1.82, 2.24) is 9.38 Å². The maximum Gasteiger partial charge on any atom is 0.137 e. The zero-order valence-corrected chi connectivity index (χ0v) is 12.5. The van der Waals surface area contributed by atoms with Crippen LogP contribution in [0.4, 0.5) is 0 Å². The van der Waals surface area contributed by atoms with E-state index in [0.29, 0.717) is 0 Å². The molecule has 1 N–H and O–H groups in total. The Hall–Kier alpha value is -1.85. The summed E-state index contributed by atoms with van der Waals surface area (Å²) in [5.41, 5.74) is 3.14. The number of ether oxygens (including phenoxy) is 1. The van der Waals surface area contributed by atoms with Gasteiger partial charge >= 0.3 is 0 Å². The molecule has 0 amide bonds. The number of benzene rings is 1. The van der Waals surface area contributed by atoms with E-state index in [1.807, 2.05) is 47.0 Å². The van der Waals surface area contributed by atoms with Crippen molar-refractivity contribution in [2.75, 3.05) is 7.11 Å². The topological polar surface area (TPSA) is 46.8 Å². The lowest BCUT2D eigenvalue weighted by atomic mass is 10.1. The SMILES string of the molecule is COc1ccccc1-c1nc2ccc(Br)cn2c1CO. The number of para-hydroxylation sites is 1. The summed E-state index contributed by atoms with van der Waals surface area (Å²) < 4.78 is 8.19. The van der Waals surface area contributed by atoms with E-state index in [4.69, 9.17) is 4.74 Å². The summed E-state index contributed by atoms with van der Waals surface area (Å²) in [4.78, 5) is 4.61. The summed E-state index contributed by atoms with van der Waals surface area (Å²) in [5.74, 6) is 0.740. The number of aliphatic hydroxyl groups is 1. The summed E-state index contributed by atoms with van der Waals surface area (Å²) in [5, 5.41) is 9.70. The number of hydrogen-bond donors (Lipinski definition) is 1. The Morgan fingerprint density at radius 1 is 1.25 bits per heavy atom. The van der Waals surface area contributed by atoms with Crippen LogP contribution < -0.4 is 4.74 Å². The van der Waals surface area contributed by atoms with E-state index in [1.54, 1.807) is 7.11 Å². The van der Waals surface area contributed by atoms with Crippen LogP contribution in [0, 0.1) is 0 Å². The van der Waals surface area contributed by atoms with Crippen molar-refractivity contribution in [3.63, 3.8) is 0 Å². The predicted molar refractivity (Wildman–Crippen MR) is 80.8 cm³/mol. The Kier molecular flexibility index (Phi) is 3.46. The number of imidazole rings is 1. The molecule has 0 unspecified atom stereocenters. The highest BCUT2D eigenvalue weighted by Gasteiger charge is 2.16. The van der Waals surface area contributed by atoms with Crippen LogP contribution in [0.2, 0.25) is 0 Å². The number of hydrogen-bond acceptors (Lipinski definition) is 3. The van der Waals surface area contributed by atoms with Crippen molar-refractivity contribution in [3.05, 3.63) is 52.8 Å². The molecule has 3 aromatic rings. The van der Waals surface area contributed by atoms with E-state index in [1.165, 1.54) is 0 Å². The van der Waals surface area contributed by atoms with E-state index in [0.717, 1.165) is 32.8 Å². The number of aliphatic hydroxyl groups excluding tert-OH is 1. The third-order valence-electron chi connectivity index (χ3n) is 3.19. The van der Waals surface area contributed by atoms with Gasteiger partial charge in [-0.1, -0.05) is 12.1 Å². The maximum atomic E-state index is 9.70. The number of rotatable bonds is 3. The Labute approximate surface area is 124 Å². The average molecular weight is 333 g/mol. The molecule has 1 aromatic carbocycles. The van der Waals surface area contributed by atoms with Crippen LogP contribution in [-0.2, 0) is 6.61 Å². The molecule has 0 saturated carbocycles. The number of halogens is 1. The molecule has 0 fully saturated rings. The number of fused-ring (bicyclic) bond motifs is 1. The van der Waals surface area contributed by atoms with E-state index < -0.39 is 0 Å². The quantitative estimate of drug-likeness (QED) is 0.800. The van der Waals surface area contributed by atoms with Crippen LogP contribution in [0.5, 0.6) is 5.75 Å². The lowest BCUT2D eigenvalue weighted by Crippen LogP contribution is -1.95. The molecule has 102 valence electrons. The Morgan fingerprint density at radius 2 is 2.05 bits per heavy atom. The molecule has 2 heterocycles. The summed E-state index contributed by atoms with van der Waals surface area (Å²) in [6.07, 6.45) is 1.90. The Morgan fingerprint density at radius 3 is 2.80 bits per heavy atom. The monoisotopic (exact) mass is 332 g/mol. The number of methoxy groups -OCH3 is 1. The second-order valence-electron chi connectivity index (χ2n) is 4.34. The van der Waals surface area contributed by atoms with Gasteiger partial charge in [-0.05, 0) is 40.2 Å². The van der Waals surface area contributed by atoms with Gasteiger partial charge in [-0.3, -0.25) is 4.40 Å². The molecule has 5 heteroatoms. The lowest BCUT2D eigenvalue weighted by molar-refractivity contribution is 0.276. The summed E-state index contributed by atoms with van der Waals surface area (Å²) in [7, 11) is 1.63. The third kappa shape index (κ3) is 2.09. The molecular formula is C15H13BrN2O2. The highest BCUT2D eigenvalue weighted by molar-refractivity contribution is 9.10. The summed E-state index contributed by atoms with van der Waals surface area (Å²) in [6.45, 7) is -0.0923. The highest BCUT2D eigenvalue weighted by Crippen LogP contribution is 2.32. The first-order valence-electron chi connectivity index (χ1n) is 6.15. The number of pyridine rings is 1. The van der Waals surface area contributed by atoms with Crippen LogP contribution in [0.1, 0.15) is 5.69 Å². The molecule has 0 aliphatic carbocycles. The molecule has 0 aliphatic heterocycles. The van der Waals surface area contributed by atoms with Crippen molar-refractivity contribution in [2.24, 2.45) is 0 Å². The molecule has 0 aliphatic rings. The van der Waals surface area contributed by atoms with Crippen LogP contribution >= 0.6 is 15.9 Å². The second-order valence-corrected chi connectivity index (χ2v) is 5.26. The predicted octanol–water partition coefficient (Wildman–Crippen LogP) is 3.26. The van der Waals surface area contributed by atoms with Gasteiger partial charge in [0.25, 0.3) is 0 Å². The molecule has 0 bridgehead atoms. The molecule has 3 rings (SSSR count). The molecule has 20 heavy (non-hydrogen) atoms. The van der Waals surface area contributed by atoms with E-state index in [9.17, 15) is 5.11 Å². The highest BCUT2D eigenvalue weighted by atomic mass is 79.9. The van der Waals surface area contributed by atoms with Gasteiger partial charge in [0.1, 0.15) is 11.4 Å². The number of aromatic nitrogens is 2. The van der Waals surface area contributed by atoms with Gasteiger partial charge < -0.3 is 9.84 Å². The first-order valence-corrected chi connectivity index (χ1v) is 6.94. The fourth-order valence-electron chi connectivity index (χ4n) is 2.27. The number of nitrogens with zero attached hydrogens (tertiary/aromatic N) is 2. The second kappa shape index (κ2) is 5.26. The molecule has 0 spiro atoms. The first-order chi connectivity index (χ1) is 9.74. The van der Waals surface area contributed by atoms with Gasteiger partial charge in [0.15, 0.2) is 0 Å². The minimum atomic E-state index is -0.0923. The minimum Gasteiger partial charge on any atom is -0.496 e. The van der Waals surface area contributed by atoms with Crippen molar-refractivity contribution < 1.29 is 9.84 Å². The van der Waals surface area contributed by atoms with Gasteiger partial charge in [0.05, 0.1) is 25.1 Å². The Bertz CT molecular complexity index is 768. The summed E-state index contributed by atoms with van der Waals surface area (Å²) in [6, 6.07) is 11.5. The third-order valence-corrected chi connectivity index (χ3v) is 3.66. The van der Waals surface area contributed by atoms with Gasteiger partial charge in [0.2, 0.25) is 0 Å². The molecular weight excluding hydrogens is 320 g/mol. The lowest BCUT2D eigenvalue weighted by Gasteiger charge is -2.07. The van der Waals surface area contributed by atoms with Gasteiger partial charge in [-0.2, -0.15) is 0 Å². The molecule has 0 radical (unpaired) electrons. The van der Waals surface area contributed by atoms with Crippen molar-refractivity contribution >= 4 is 21.6 Å². The molecule has 0 saturated heterocycles. The van der Waals surface area contributed by atoms with Gasteiger partial charge in [-0.25, -0.2) is 4.98 Å². The van der Waals surface area contributed by atoms with Crippen LogP contribution in [0.3, 0.4) is 0 Å². The average Bonchev–Trinajstić information content (AvgIpc) is 2.84. The van der Waals surface area contributed by atoms with Crippen LogP contribution in [0.25, 0.3) is 16.9 Å². The fraction of sp³-hybridized carbons (Fsp3) is 0.133. The summed E-state index contributed by atoms with van der Waals surface area (Å²) >= 11 is 3.43. The molecule has 4 nitrogen and oxygen atoms in total. The van der Waals surface area contributed by atoms with E-state index >= 15 is 0 Å². The standard InChI is InChI=1S/C15H13BrN2O2/c1-20-13-5-3-2-4-11(13)15-12(9-19)18-8-10(16)6-7-14(18)17-15/h2-8,19H,9H2,1H3. The van der Waals surface area contributed by atoms with Crippen molar-refractivity contribution in [3.8, 4) is 17.0 Å². The zero-order chi connectivity index (χ0) is 14.1. The van der Waals surface area contributed by atoms with Crippen LogP contribution in [0.15, 0.2) is 47.1 Å². The zero-order valence-electron chi connectivity index (χ0n) is 10.9. The van der Waals surface area contributed by atoms with Gasteiger partial charge in [-0.15, -0.1) is 0 Å². The molecule has 0 atom stereocenters. The first kappa shape index (κ1) is 13.1. The maximum absolute atomic E-state index is 9.70. The van der Waals surface area contributed by atoms with Crippen LogP contribution in [-0.4, -0.2) is 21.6 Å². The van der Waals surface area contributed by atoms with E-state index in [2.05, 4.69) is 20.9 Å². The molecule has 2 aromatic heterocycles. The normalized spacial score (nSPS) is 10.9. The van der Waals surface area contributed by atoms with E-state index in [-0.39, 0.29) is 6.61 Å². The minimum absolute atomic E-state index is 0.0923.